The van der Waals surface area contributed by atoms with Crippen molar-refractivity contribution in [2.45, 2.75) is 18.6 Å². The summed E-state index contributed by atoms with van der Waals surface area (Å²) in [6, 6.07) is 15.0. The summed E-state index contributed by atoms with van der Waals surface area (Å²) in [5.41, 5.74) is 2.10. The van der Waals surface area contributed by atoms with Gasteiger partial charge in [0.05, 0.1) is 55.3 Å². The van der Waals surface area contributed by atoms with E-state index >= 15 is 0 Å². The summed E-state index contributed by atoms with van der Waals surface area (Å²) in [5.74, 6) is 1.80. The van der Waals surface area contributed by atoms with E-state index in [1.54, 1.807) is 12.3 Å². The number of carbonyl (C=O) groups is 1. The van der Waals surface area contributed by atoms with E-state index in [4.69, 9.17) is 42.4 Å². The highest BCUT2D eigenvalue weighted by Gasteiger charge is 2.29. The zero-order valence-electron chi connectivity index (χ0n) is 22.5. The maximum absolute atomic E-state index is 11.9. The lowest BCUT2D eigenvalue weighted by Gasteiger charge is -2.21. The molecular formula is C30H29Cl2N5O4. The van der Waals surface area contributed by atoms with Crippen LogP contribution in [0.1, 0.15) is 5.56 Å². The van der Waals surface area contributed by atoms with Crippen molar-refractivity contribution < 1.29 is 19.0 Å². The van der Waals surface area contributed by atoms with E-state index in [0.29, 0.717) is 64.2 Å². The molecule has 0 unspecified atom stereocenters. The average molecular weight is 594 g/mol. The van der Waals surface area contributed by atoms with Crippen LogP contribution in [0.2, 0.25) is 10.0 Å². The van der Waals surface area contributed by atoms with Gasteiger partial charge in [0.1, 0.15) is 23.1 Å². The van der Waals surface area contributed by atoms with E-state index in [2.05, 4.69) is 27.5 Å². The molecule has 5 rings (SSSR count). The zero-order chi connectivity index (χ0) is 28.9. The summed E-state index contributed by atoms with van der Waals surface area (Å²) >= 11 is 13.5. The SMILES string of the molecule is C=CC(=O)N[C@H]1COC[C@H]1Nc1cc2c(NCc3ccccc3)nc(-c3c(Cl)c(OC)cc(OC)c3Cl)cc2cn1. The van der Waals surface area contributed by atoms with Crippen LogP contribution < -0.4 is 25.4 Å². The molecule has 41 heavy (non-hydrogen) atoms. The van der Waals surface area contributed by atoms with Crippen LogP contribution in [0.3, 0.4) is 0 Å². The van der Waals surface area contributed by atoms with E-state index in [0.717, 1.165) is 16.3 Å². The molecule has 0 aliphatic carbocycles. The third-order valence-corrected chi connectivity index (χ3v) is 7.52. The number of carbonyl (C=O) groups excluding carboxylic acids is 1. The van der Waals surface area contributed by atoms with E-state index in [-0.39, 0.29) is 18.0 Å². The van der Waals surface area contributed by atoms with Gasteiger partial charge in [-0.15, -0.1) is 0 Å². The molecule has 1 amide bonds. The zero-order valence-corrected chi connectivity index (χ0v) is 24.1. The van der Waals surface area contributed by atoms with Crippen LogP contribution in [0.25, 0.3) is 22.0 Å². The summed E-state index contributed by atoms with van der Waals surface area (Å²) in [6.45, 7) is 4.88. The number of ether oxygens (including phenoxy) is 3. The van der Waals surface area contributed by atoms with Gasteiger partial charge < -0.3 is 30.2 Å². The second-order valence-corrected chi connectivity index (χ2v) is 10.1. The first kappa shape index (κ1) is 28.5. The van der Waals surface area contributed by atoms with Gasteiger partial charge >= 0.3 is 0 Å². The van der Waals surface area contributed by atoms with Gasteiger partial charge in [-0.25, -0.2) is 9.97 Å². The predicted octanol–water partition coefficient (Wildman–Crippen LogP) is 5.71. The van der Waals surface area contributed by atoms with Crippen LogP contribution in [0.15, 0.2) is 67.4 Å². The number of halogens is 2. The number of anilines is 2. The molecule has 0 bridgehead atoms. The Morgan fingerprint density at radius 3 is 2.46 bits per heavy atom. The Balaban J connectivity index is 1.57. The summed E-state index contributed by atoms with van der Waals surface area (Å²) in [7, 11) is 3.06. The number of hydrogen-bond acceptors (Lipinski definition) is 8. The third-order valence-electron chi connectivity index (χ3n) is 6.77. The molecule has 1 saturated heterocycles. The number of nitrogens with zero attached hydrogens (tertiary/aromatic N) is 2. The largest absolute Gasteiger partial charge is 0.495 e. The second kappa shape index (κ2) is 12.6. The van der Waals surface area contributed by atoms with Crippen molar-refractivity contribution in [1.82, 2.24) is 15.3 Å². The van der Waals surface area contributed by atoms with Crippen molar-refractivity contribution in [3.05, 3.63) is 83.0 Å². The smallest absolute Gasteiger partial charge is 0.243 e. The fourth-order valence-electron chi connectivity index (χ4n) is 4.65. The Morgan fingerprint density at radius 1 is 1.07 bits per heavy atom. The average Bonchev–Trinajstić information content (AvgIpc) is 3.42. The van der Waals surface area contributed by atoms with Crippen LogP contribution in [-0.4, -0.2) is 55.4 Å². The van der Waals surface area contributed by atoms with Crippen molar-refractivity contribution in [2.24, 2.45) is 0 Å². The molecule has 0 saturated carbocycles. The molecule has 2 aromatic carbocycles. The first-order chi connectivity index (χ1) is 19.9. The standard InChI is InChI=1S/C30H29Cl2N5O4/c1-4-26(38)36-22-16-41-15-21(22)35-25-11-19-18(14-33-25)10-20(37-30(19)34-13-17-8-6-5-7-9-17)27-28(31)23(39-2)12-24(40-3)29(27)32/h4-12,14,21-22H,1,13,15-16H2,2-3H3,(H,33,35)(H,34,37)(H,36,38)/t21-,22+/m1/s1. The molecule has 2 atom stereocenters. The molecule has 1 aliphatic rings. The number of pyridine rings is 2. The Labute approximate surface area is 247 Å². The monoisotopic (exact) mass is 593 g/mol. The number of methoxy groups -OCH3 is 2. The number of fused-ring (bicyclic) bond motifs is 1. The number of hydrogen-bond donors (Lipinski definition) is 3. The molecule has 9 nitrogen and oxygen atoms in total. The van der Waals surface area contributed by atoms with Gasteiger partial charge in [0, 0.05) is 35.1 Å². The lowest BCUT2D eigenvalue weighted by atomic mass is 10.1. The van der Waals surface area contributed by atoms with E-state index < -0.39 is 0 Å². The minimum atomic E-state index is -0.255. The highest BCUT2D eigenvalue weighted by Crippen LogP contribution is 2.46. The normalized spacial score (nSPS) is 16.3. The van der Waals surface area contributed by atoms with E-state index in [1.165, 1.54) is 20.3 Å². The molecule has 1 aliphatic heterocycles. The molecule has 3 heterocycles. The maximum atomic E-state index is 11.9. The van der Waals surface area contributed by atoms with Crippen molar-refractivity contribution in [2.75, 3.05) is 38.1 Å². The fourth-order valence-corrected chi connectivity index (χ4v) is 5.34. The highest BCUT2D eigenvalue weighted by molar-refractivity contribution is 6.41. The third kappa shape index (κ3) is 6.17. The molecule has 3 N–H and O–H groups in total. The van der Waals surface area contributed by atoms with Gasteiger partial charge in [-0.2, -0.15) is 0 Å². The van der Waals surface area contributed by atoms with Gasteiger partial charge in [-0.1, -0.05) is 60.1 Å². The Bertz CT molecular complexity index is 1560. The Hall–Kier alpha value is -4.05. The molecule has 1 fully saturated rings. The van der Waals surface area contributed by atoms with E-state index in [1.807, 2.05) is 42.5 Å². The lowest BCUT2D eigenvalue weighted by molar-refractivity contribution is -0.117. The number of amides is 1. The Kier molecular flexibility index (Phi) is 8.78. The van der Waals surface area contributed by atoms with Gasteiger partial charge in [0.25, 0.3) is 0 Å². The van der Waals surface area contributed by atoms with Gasteiger partial charge in [-0.05, 0) is 23.8 Å². The fraction of sp³-hybridized carbons (Fsp3) is 0.233. The number of nitrogens with one attached hydrogen (secondary N) is 3. The molecule has 11 heteroatoms. The maximum Gasteiger partial charge on any atom is 0.243 e. The molecule has 0 spiro atoms. The molecule has 4 aromatic rings. The first-order valence-corrected chi connectivity index (χ1v) is 13.6. The summed E-state index contributed by atoms with van der Waals surface area (Å²) in [5, 5.41) is 12.0. The minimum Gasteiger partial charge on any atom is -0.495 e. The van der Waals surface area contributed by atoms with Crippen LogP contribution in [0.5, 0.6) is 11.5 Å². The summed E-state index contributed by atoms with van der Waals surface area (Å²) < 4.78 is 16.5. The lowest BCUT2D eigenvalue weighted by Crippen LogP contribution is -2.45. The van der Waals surface area contributed by atoms with Crippen molar-refractivity contribution in [3.63, 3.8) is 0 Å². The van der Waals surface area contributed by atoms with Gasteiger partial charge in [-0.3, -0.25) is 4.79 Å². The van der Waals surface area contributed by atoms with Crippen molar-refractivity contribution >= 4 is 51.5 Å². The number of rotatable bonds is 10. The highest BCUT2D eigenvalue weighted by atomic mass is 35.5. The minimum absolute atomic E-state index is 0.168. The quantitative estimate of drug-likeness (QED) is 0.201. The van der Waals surface area contributed by atoms with Crippen LogP contribution in [-0.2, 0) is 16.1 Å². The second-order valence-electron chi connectivity index (χ2n) is 9.38. The number of benzene rings is 2. The Morgan fingerprint density at radius 2 is 1.78 bits per heavy atom. The summed E-state index contributed by atoms with van der Waals surface area (Å²) in [4.78, 5) is 21.5. The van der Waals surface area contributed by atoms with Gasteiger partial charge in [0.15, 0.2) is 0 Å². The molecular weight excluding hydrogens is 565 g/mol. The van der Waals surface area contributed by atoms with Crippen LogP contribution >= 0.6 is 23.2 Å². The number of aromatic nitrogens is 2. The topological polar surface area (TPSA) is 107 Å². The molecule has 0 radical (unpaired) electrons. The van der Waals surface area contributed by atoms with Gasteiger partial charge in [0.2, 0.25) is 5.91 Å². The van der Waals surface area contributed by atoms with Crippen molar-refractivity contribution in [1.29, 1.82) is 0 Å². The predicted molar refractivity (Wildman–Crippen MR) is 162 cm³/mol. The molecule has 212 valence electrons. The van der Waals surface area contributed by atoms with E-state index in [9.17, 15) is 4.79 Å². The van der Waals surface area contributed by atoms with Crippen molar-refractivity contribution in [3.8, 4) is 22.8 Å². The molecule has 2 aromatic heterocycles. The summed E-state index contributed by atoms with van der Waals surface area (Å²) in [6.07, 6.45) is 3.00. The first-order valence-electron chi connectivity index (χ1n) is 12.9. The van der Waals surface area contributed by atoms with Crippen LogP contribution in [0.4, 0.5) is 11.6 Å². The van der Waals surface area contributed by atoms with Crippen LogP contribution in [0, 0.1) is 0 Å².